The maximum absolute atomic E-state index is 4.35. The van der Waals surface area contributed by atoms with Crippen molar-refractivity contribution in [3.8, 4) is 0 Å². The molecule has 0 aliphatic carbocycles. The zero-order valence-electron chi connectivity index (χ0n) is 12.0. The van der Waals surface area contributed by atoms with Crippen molar-refractivity contribution in [1.29, 1.82) is 0 Å². The zero-order chi connectivity index (χ0) is 13.7. The van der Waals surface area contributed by atoms with E-state index in [0.29, 0.717) is 0 Å². The van der Waals surface area contributed by atoms with Crippen LogP contribution < -0.4 is 4.90 Å². The summed E-state index contributed by atoms with van der Waals surface area (Å²) in [4.78, 5) is 8.91. The smallest absolute Gasteiger partial charge is 0.122 e. The quantitative estimate of drug-likeness (QED) is 0.792. The van der Waals surface area contributed by atoms with Crippen molar-refractivity contribution >= 4 is 5.69 Å². The second kappa shape index (κ2) is 6.38. The monoisotopic (exact) mass is 258 g/mol. The van der Waals surface area contributed by atoms with E-state index in [1.165, 1.54) is 5.69 Å². The number of nitrogens with zero attached hydrogens (tertiary/aromatic N) is 4. The molecule has 0 saturated carbocycles. The van der Waals surface area contributed by atoms with Crippen molar-refractivity contribution in [1.82, 2.24) is 14.5 Å². The number of para-hydroxylation sites is 1. The predicted octanol–water partition coefficient (Wildman–Crippen LogP) is 1.99. The van der Waals surface area contributed by atoms with E-state index in [9.17, 15) is 0 Å². The molecule has 19 heavy (non-hydrogen) atoms. The minimum absolute atomic E-state index is 0.881. The Morgan fingerprint density at radius 1 is 1.11 bits per heavy atom. The van der Waals surface area contributed by atoms with E-state index in [1.54, 1.807) is 0 Å². The number of likely N-dealkylation sites (N-methyl/N-ethyl adjacent to an activating group) is 2. The fourth-order valence-electron chi connectivity index (χ4n) is 2.00. The molecule has 1 heterocycles. The summed E-state index contributed by atoms with van der Waals surface area (Å²) in [6, 6.07) is 10.5. The fourth-order valence-corrected chi connectivity index (χ4v) is 2.00. The molecule has 102 valence electrons. The Hall–Kier alpha value is -1.81. The highest BCUT2D eigenvalue weighted by atomic mass is 15.2. The molecule has 0 bridgehead atoms. The number of hydrogen-bond acceptors (Lipinski definition) is 3. The molecular weight excluding hydrogens is 236 g/mol. The summed E-state index contributed by atoms with van der Waals surface area (Å²) < 4.78 is 2.07. The average molecular weight is 258 g/mol. The number of aromatic nitrogens is 2. The predicted molar refractivity (Wildman–Crippen MR) is 79.3 cm³/mol. The summed E-state index contributed by atoms with van der Waals surface area (Å²) >= 11 is 0. The van der Waals surface area contributed by atoms with Crippen molar-refractivity contribution in [2.24, 2.45) is 7.05 Å². The Bertz CT molecular complexity index is 492. The number of imidazole rings is 1. The first-order valence-electron chi connectivity index (χ1n) is 6.58. The lowest BCUT2D eigenvalue weighted by Gasteiger charge is -2.23. The minimum Gasteiger partial charge on any atom is -0.373 e. The molecule has 0 atom stereocenters. The summed E-state index contributed by atoms with van der Waals surface area (Å²) in [5.74, 6) is 1.10. The van der Waals surface area contributed by atoms with Gasteiger partial charge in [-0.3, -0.25) is 4.90 Å². The van der Waals surface area contributed by atoms with Gasteiger partial charge in [-0.05, 0) is 19.2 Å². The third-order valence-corrected chi connectivity index (χ3v) is 3.35. The summed E-state index contributed by atoms with van der Waals surface area (Å²) in [5.41, 5.74) is 1.26. The lowest BCUT2D eigenvalue weighted by atomic mass is 10.3. The molecule has 2 aromatic rings. The number of rotatable bonds is 6. The maximum atomic E-state index is 4.35. The van der Waals surface area contributed by atoms with Gasteiger partial charge < -0.3 is 9.47 Å². The molecule has 0 aliphatic rings. The van der Waals surface area contributed by atoms with Crippen LogP contribution in [0.2, 0.25) is 0 Å². The van der Waals surface area contributed by atoms with E-state index in [2.05, 4.69) is 57.7 Å². The third-order valence-electron chi connectivity index (χ3n) is 3.35. The lowest BCUT2D eigenvalue weighted by Crippen LogP contribution is -2.31. The highest BCUT2D eigenvalue weighted by Crippen LogP contribution is 2.10. The third kappa shape index (κ3) is 3.83. The molecule has 0 unspecified atom stereocenters. The van der Waals surface area contributed by atoms with Crippen LogP contribution in [0.5, 0.6) is 0 Å². The van der Waals surface area contributed by atoms with Crippen LogP contribution in [0.4, 0.5) is 5.69 Å². The van der Waals surface area contributed by atoms with Crippen LogP contribution in [-0.2, 0) is 13.6 Å². The number of anilines is 1. The van der Waals surface area contributed by atoms with Crippen LogP contribution >= 0.6 is 0 Å². The van der Waals surface area contributed by atoms with E-state index in [4.69, 9.17) is 0 Å². The Morgan fingerprint density at radius 2 is 1.84 bits per heavy atom. The van der Waals surface area contributed by atoms with Crippen LogP contribution in [-0.4, -0.2) is 41.6 Å². The number of benzene rings is 1. The van der Waals surface area contributed by atoms with Crippen molar-refractivity contribution in [3.63, 3.8) is 0 Å². The van der Waals surface area contributed by atoms with Gasteiger partial charge in [0.25, 0.3) is 0 Å². The molecule has 0 aliphatic heterocycles. The normalized spacial score (nSPS) is 10.9. The van der Waals surface area contributed by atoms with Gasteiger partial charge in [-0.25, -0.2) is 4.98 Å². The highest BCUT2D eigenvalue weighted by molar-refractivity contribution is 5.44. The molecule has 0 amide bonds. The van der Waals surface area contributed by atoms with Crippen LogP contribution in [0.15, 0.2) is 42.7 Å². The average Bonchev–Trinajstić information content (AvgIpc) is 2.82. The first-order chi connectivity index (χ1) is 9.16. The topological polar surface area (TPSA) is 24.3 Å². The zero-order valence-corrected chi connectivity index (χ0v) is 12.0. The van der Waals surface area contributed by atoms with Crippen LogP contribution in [0, 0.1) is 0 Å². The van der Waals surface area contributed by atoms with Gasteiger partial charge in [-0.15, -0.1) is 0 Å². The molecule has 0 fully saturated rings. The van der Waals surface area contributed by atoms with Crippen molar-refractivity contribution in [3.05, 3.63) is 48.5 Å². The molecule has 4 nitrogen and oxygen atoms in total. The van der Waals surface area contributed by atoms with Gasteiger partial charge >= 0.3 is 0 Å². The number of hydrogen-bond donors (Lipinski definition) is 0. The molecule has 0 N–H and O–H groups in total. The van der Waals surface area contributed by atoms with Gasteiger partial charge in [-0.1, -0.05) is 18.2 Å². The van der Waals surface area contributed by atoms with Gasteiger partial charge in [0.1, 0.15) is 5.82 Å². The van der Waals surface area contributed by atoms with E-state index < -0.39 is 0 Å². The summed E-state index contributed by atoms with van der Waals surface area (Å²) in [5, 5.41) is 0. The Morgan fingerprint density at radius 3 is 2.47 bits per heavy atom. The standard InChI is InChI=1S/C15H22N4/c1-17(13-15-16-9-10-19(15)3)11-12-18(2)14-7-5-4-6-8-14/h4-10H,11-13H2,1-3H3. The van der Waals surface area contributed by atoms with Crippen molar-refractivity contribution in [2.75, 3.05) is 32.1 Å². The van der Waals surface area contributed by atoms with Gasteiger partial charge in [0.05, 0.1) is 6.54 Å². The molecular formula is C15H22N4. The van der Waals surface area contributed by atoms with Gasteiger partial charge in [0.2, 0.25) is 0 Å². The molecule has 1 aromatic heterocycles. The molecule has 1 aromatic carbocycles. The van der Waals surface area contributed by atoms with Gasteiger partial charge in [0, 0.05) is 45.3 Å². The summed E-state index contributed by atoms with van der Waals surface area (Å²) in [6.07, 6.45) is 3.83. The van der Waals surface area contributed by atoms with Gasteiger partial charge in [-0.2, -0.15) is 0 Å². The lowest BCUT2D eigenvalue weighted by molar-refractivity contribution is 0.322. The van der Waals surface area contributed by atoms with Crippen LogP contribution in [0.1, 0.15) is 5.82 Å². The van der Waals surface area contributed by atoms with Crippen LogP contribution in [0.3, 0.4) is 0 Å². The molecule has 0 radical (unpaired) electrons. The van der Waals surface area contributed by atoms with Crippen LogP contribution in [0.25, 0.3) is 0 Å². The van der Waals surface area contributed by atoms with E-state index in [0.717, 1.165) is 25.5 Å². The SMILES string of the molecule is CN(CCN(C)c1ccccc1)Cc1nccn1C. The summed E-state index contributed by atoms with van der Waals surface area (Å²) in [7, 11) is 6.30. The largest absolute Gasteiger partial charge is 0.373 e. The second-order valence-corrected chi connectivity index (χ2v) is 4.95. The maximum Gasteiger partial charge on any atom is 0.122 e. The first-order valence-corrected chi connectivity index (χ1v) is 6.58. The fraction of sp³-hybridized carbons (Fsp3) is 0.400. The Kier molecular flexibility index (Phi) is 4.58. The Labute approximate surface area is 115 Å². The van der Waals surface area contributed by atoms with E-state index in [1.807, 2.05) is 25.5 Å². The summed E-state index contributed by atoms with van der Waals surface area (Å²) in [6.45, 7) is 2.90. The van der Waals surface area contributed by atoms with E-state index in [-0.39, 0.29) is 0 Å². The van der Waals surface area contributed by atoms with Gasteiger partial charge in [0.15, 0.2) is 0 Å². The van der Waals surface area contributed by atoms with E-state index >= 15 is 0 Å². The molecule has 4 heteroatoms. The number of aryl methyl sites for hydroxylation is 1. The Balaban J connectivity index is 1.81. The molecule has 2 rings (SSSR count). The molecule has 0 spiro atoms. The van der Waals surface area contributed by atoms with Crippen molar-refractivity contribution < 1.29 is 0 Å². The minimum atomic E-state index is 0.881. The second-order valence-electron chi connectivity index (χ2n) is 4.95. The van der Waals surface area contributed by atoms with Crippen molar-refractivity contribution in [2.45, 2.75) is 6.54 Å². The first kappa shape index (κ1) is 13.6. The highest BCUT2D eigenvalue weighted by Gasteiger charge is 2.06. The molecule has 0 saturated heterocycles.